The highest BCUT2D eigenvalue weighted by Gasteiger charge is 2.12. The van der Waals surface area contributed by atoms with E-state index in [1.807, 2.05) is 25.2 Å². The molecule has 7 nitrogen and oxygen atoms in total. The van der Waals surface area contributed by atoms with Gasteiger partial charge in [-0.25, -0.2) is 15.2 Å². The number of pyridine rings is 1. The normalized spacial score (nSPS) is 13.5. The summed E-state index contributed by atoms with van der Waals surface area (Å²) in [5, 5.41) is 9.90. The van der Waals surface area contributed by atoms with Crippen molar-refractivity contribution in [3.05, 3.63) is 64.3 Å². The first-order chi connectivity index (χ1) is 13.6. The smallest absolute Gasteiger partial charge is 0.166 e. The van der Waals surface area contributed by atoms with Crippen molar-refractivity contribution in [1.29, 1.82) is 0 Å². The second kappa shape index (κ2) is 7.16. The number of fused-ring (bicyclic) bond motifs is 3. The van der Waals surface area contributed by atoms with Crippen LogP contribution < -0.4 is 32.9 Å². The van der Waals surface area contributed by atoms with Crippen LogP contribution in [0.1, 0.15) is 5.56 Å². The largest absolute Gasteiger partial charge is 0.376 e. The van der Waals surface area contributed by atoms with Crippen molar-refractivity contribution < 1.29 is 4.39 Å². The molecule has 0 aliphatic carbocycles. The minimum Gasteiger partial charge on any atom is -0.376 e. The van der Waals surface area contributed by atoms with Crippen molar-refractivity contribution in [2.75, 3.05) is 18.9 Å². The van der Waals surface area contributed by atoms with Crippen LogP contribution in [0, 0.1) is 5.82 Å². The highest BCUT2D eigenvalue weighted by atomic mass is 19.1. The van der Waals surface area contributed by atoms with E-state index in [0.717, 1.165) is 33.4 Å². The van der Waals surface area contributed by atoms with Crippen LogP contribution in [-0.4, -0.2) is 29.3 Å². The lowest BCUT2D eigenvalue weighted by atomic mass is 10.1. The van der Waals surface area contributed by atoms with Gasteiger partial charge in [-0.15, -0.1) is 0 Å². The first-order valence-electron chi connectivity index (χ1n) is 8.72. The van der Waals surface area contributed by atoms with Gasteiger partial charge in [0.15, 0.2) is 5.84 Å². The van der Waals surface area contributed by atoms with Gasteiger partial charge in [0.05, 0.1) is 5.52 Å². The van der Waals surface area contributed by atoms with E-state index in [1.54, 1.807) is 12.1 Å². The van der Waals surface area contributed by atoms with Crippen molar-refractivity contribution >= 4 is 40.5 Å². The molecule has 2 heterocycles. The number of amidine groups is 1. The standard InChI is InChI=1S/C20H20FN7/c1-28-8-7-16-17(11-28)15-6-5-12(19(26-22)27-23)9-18(15)25-20(16)24-14-4-2-3-13(21)10-14/h2-7,9-11H,8,22-23H2,1H3,(H,24,25)(H,26,27). The minimum absolute atomic E-state index is 0.310. The SMILES string of the molecule is CN1C=c2c(c(Nc3cccc(F)c3)nc3cc(/C(=N/N)NN)ccc23)=CC1. The van der Waals surface area contributed by atoms with E-state index in [4.69, 9.17) is 16.7 Å². The van der Waals surface area contributed by atoms with Crippen LogP contribution in [0.2, 0.25) is 0 Å². The molecule has 0 spiro atoms. The predicted molar refractivity (Wildman–Crippen MR) is 110 cm³/mol. The van der Waals surface area contributed by atoms with Crippen LogP contribution in [0.5, 0.6) is 0 Å². The number of halogens is 1. The van der Waals surface area contributed by atoms with Gasteiger partial charge in [0.1, 0.15) is 11.6 Å². The molecule has 1 aliphatic rings. The summed E-state index contributed by atoms with van der Waals surface area (Å²) < 4.78 is 13.6. The third-order valence-electron chi connectivity index (χ3n) is 4.62. The molecule has 4 rings (SSSR count). The molecule has 1 aromatic heterocycles. The molecule has 1 aliphatic heterocycles. The molecule has 2 aromatic carbocycles. The summed E-state index contributed by atoms with van der Waals surface area (Å²) in [6, 6.07) is 12.0. The molecule has 28 heavy (non-hydrogen) atoms. The number of hydrogen-bond donors (Lipinski definition) is 4. The fraction of sp³-hybridized carbons (Fsp3) is 0.100. The molecule has 0 radical (unpaired) electrons. The monoisotopic (exact) mass is 377 g/mol. The van der Waals surface area contributed by atoms with Gasteiger partial charge in [-0.3, -0.25) is 0 Å². The Hall–Kier alpha value is -3.65. The summed E-state index contributed by atoms with van der Waals surface area (Å²) in [6.45, 7) is 0.761. The molecule has 6 N–H and O–H groups in total. The van der Waals surface area contributed by atoms with Gasteiger partial charge >= 0.3 is 0 Å². The maximum atomic E-state index is 13.6. The molecule has 3 aromatic rings. The third-order valence-corrected chi connectivity index (χ3v) is 4.62. The van der Waals surface area contributed by atoms with Gasteiger partial charge in [0.25, 0.3) is 0 Å². The number of hydrazine groups is 1. The summed E-state index contributed by atoms with van der Waals surface area (Å²) in [6.07, 6.45) is 4.18. The Morgan fingerprint density at radius 2 is 2.07 bits per heavy atom. The lowest BCUT2D eigenvalue weighted by Crippen LogP contribution is -2.37. The molecule has 0 fully saturated rings. The quantitative estimate of drug-likeness (QED) is 0.231. The summed E-state index contributed by atoms with van der Waals surface area (Å²) in [4.78, 5) is 6.88. The highest BCUT2D eigenvalue weighted by molar-refractivity contribution is 6.01. The first kappa shape index (κ1) is 17.7. The zero-order valence-electron chi connectivity index (χ0n) is 15.3. The molecular weight excluding hydrogens is 357 g/mol. The first-order valence-corrected chi connectivity index (χ1v) is 8.72. The molecule has 0 saturated heterocycles. The zero-order valence-corrected chi connectivity index (χ0v) is 15.3. The number of rotatable bonds is 3. The summed E-state index contributed by atoms with van der Waals surface area (Å²) in [5.41, 5.74) is 4.57. The molecule has 8 heteroatoms. The van der Waals surface area contributed by atoms with Crippen molar-refractivity contribution in [3.63, 3.8) is 0 Å². The average Bonchev–Trinajstić information content (AvgIpc) is 2.69. The molecular formula is C20H20FN7. The Kier molecular flexibility index (Phi) is 4.54. The number of nitrogens with one attached hydrogen (secondary N) is 2. The average molecular weight is 377 g/mol. The number of hydrazone groups is 1. The number of nitrogens with zero attached hydrogens (tertiary/aromatic N) is 3. The van der Waals surface area contributed by atoms with Gasteiger partial charge in [-0.1, -0.05) is 24.3 Å². The molecule has 0 amide bonds. The summed E-state index contributed by atoms with van der Waals surface area (Å²) >= 11 is 0. The Balaban J connectivity index is 1.95. The Labute approximate surface area is 160 Å². The molecule has 0 saturated carbocycles. The zero-order chi connectivity index (χ0) is 19.7. The van der Waals surface area contributed by atoms with Crippen molar-refractivity contribution in [3.8, 4) is 0 Å². The van der Waals surface area contributed by atoms with Gasteiger partial charge in [0.2, 0.25) is 0 Å². The molecule has 0 unspecified atom stereocenters. The van der Waals surface area contributed by atoms with Gasteiger partial charge in [0, 0.05) is 46.9 Å². The van der Waals surface area contributed by atoms with Crippen LogP contribution in [0.3, 0.4) is 0 Å². The fourth-order valence-corrected chi connectivity index (χ4v) is 3.30. The number of anilines is 2. The number of nitrogens with two attached hydrogens (primary N) is 2. The Morgan fingerprint density at radius 3 is 2.82 bits per heavy atom. The van der Waals surface area contributed by atoms with Gasteiger partial charge in [-0.2, -0.15) is 5.10 Å². The van der Waals surface area contributed by atoms with E-state index in [1.165, 1.54) is 12.1 Å². The van der Waals surface area contributed by atoms with E-state index in [0.29, 0.717) is 17.3 Å². The van der Waals surface area contributed by atoms with E-state index in [-0.39, 0.29) is 5.82 Å². The van der Waals surface area contributed by atoms with E-state index in [9.17, 15) is 4.39 Å². The molecule has 142 valence electrons. The number of benzene rings is 2. The summed E-state index contributed by atoms with van der Waals surface area (Å²) in [7, 11) is 2.01. The van der Waals surface area contributed by atoms with Crippen LogP contribution in [-0.2, 0) is 0 Å². The van der Waals surface area contributed by atoms with Crippen LogP contribution in [0.25, 0.3) is 23.2 Å². The lowest BCUT2D eigenvalue weighted by molar-refractivity contribution is 0.564. The number of aromatic nitrogens is 1. The van der Waals surface area contributed by atoms with E-state index >= 15 is 0 Å². The highest BCUT2D eigenvalue weighted by Crippen LogP contribution is 2.17. The predicted octanol–water partition coefficient (Wildman–Crippen LogP) is 0.665. The van der Waals surface area contributed by atoms with Crippen LogP contribution >= 0.6 is 0 Å². The number of hydrogen-bond acceptors (Lipinski definition) is 6. The molecule has 0 atom stereocenters. The Bertz CT molecular complexity index is 1200. The lowest BCUT2D eigenvalue weighted by Gasteiger charge is -2.18. The van der Waals surface area contributed by atoms with Crippen molar-refractivity contribution in [2.45, 2.75) is 0 Å². The fourth-order valence-electron chi connectivity index (χ4n) is 3.30. The summed E-state index contributed by atoms with van der Waals surface area (Å²) in [5.74, 6) is 11.6. The third kappa shape index (κ3) is 3.21. The minimum atomic E-state index is -0.310. The Morgan fingerprint density at radius 1 is 1.21 bits per heavy atom. The maximum absolute atomic E-state index is 13.6. The maximum Gasteiger partial charge on any atom is 0.166 e. The van der Waals surface area contributed by atoms with Gasteiger partial charge < -0.3 is 21.5 Å². The second-order valence-electron chi connectivity index (χ2n) is 6.55. The van der Waals surface area contributed by atoms with E-state index < -0.39 is 0 Å². The topological polar surface area (TPSA) is 105 Å². The van der Waals surface area contributed by atoms with Crippen LogP contribution in [0.15, 0.2) is 47.6 Å². The van der Waals surface area contributed by atoms with Gasteiger partial charge in [-0.05, 0) is 24.3 Å². The molecule has 0 bridgehead atoms. The van der Waals surface area contributed by atoms with Crippen molar-refractivity contribution in [2.24, 2.45) is 16.8 Å². The van der Waals surface area contributed by atoms with Crippen LogP contribution in [0.4, 0.5) is 15.9 Å². The second-order valence-corrected chi connectivity index (χ2v) is 6.55. The van der Waals surface area contributed by atoms with Crippen molar-refractivity contribution in [1.82, 2.24) is 15.3 Å². The van der Waals surface area contributed by atoms with E-state index in [2.05, 4.69) is 33.0 Å².